The molecule has 1 aromatic carbocycles. The average molecular weight is 353 g/mol. The number of rotatable bonds is 2. The Morgan fingerprint density at radius 1 is 1.20 bits per heavy atom. The maximum atomic E-state index is 5.94. The van der Waals surface area contributed by atoms with Gasteiger partial charge in [0.25, 0.3) is 0 Å². The van der Waals surface area contributed by atoms with Crippen LogP contribution in [0.25, 0.3) is 11.3 Å². The van der Waals surface area contributed by atoms with E-state index in [4.69, 9.17) is 27.6 Å². The third kappa shape index (κ3) is 2.17. The molecule has 0 spiro atoms. The van der Waals surface area contributed by atoms with Crippen molar-refractivity contribution in [2.75, 3.05) is 0 Å². The van der Waals surface area contributed by atoms with Crippen molar-refractivity contribution >= 4 is 45.8 Å². The van der Waals surface area contributed by atoms with Gasteiger partial charge in [0.1, 0.15) is 5.76 Å². The normalized spacial score (nSPS) is 10.6. The molecular formula is C11H7Cl2IO. The molecule has 0 N–H and O–H groups in total. The first-order chi connectivity index (χ1) is 7.24. The Kier molecular flexibility index (Phi) is 3.59. The van der Waals surface area contributed by atoms with Crippen molar-refractivity contribution in [2.24, 2.45) is 0 Å². The monoisotopic (exact) mass is 352 g/mol. The van der Waals surface area contributed by atoms with Gasteiger partial charge in [-0.1, -0.05) is 30.3 Å². The van der Waals surface area contributed by atoms with Gasteiger partial charge < -0.3 is 4.42 Å². The predicted molar refractivity (Wildman–Crippen MR) is 71.4 cm³/mol. The summed E-state index contributed by atoms with van der Waals surface area (Å²) >= 11 is 13.9. The van der Waals surface area contributed by atoms with Crippen LogP contribution in [0.2, 0.25) is 5.22 Å². The largest absolute Gasteiger partial charge is 0.443 e. The molecule has 1 aromatic heterocycles. The van der Waals surface area contributed by atoms with E-state index in [1.165, 1.54) is 0 Å². The molecule has 2 rings (SSSR count). The van der Waals surface area contributed by atoms with Gasteiger partial charge >= 0.3 is 0 Å². The Morgan fingerprint density at radius 2 is 1.87 bits per heavy atom. The molecular weight excluding hydrogens is 346 g/mol. The minimum absolute atomic E-state index is 0.368. The van der Waals surface area contributed by atoms with Gasteiger partial charge in [0, 0.05) is 11.1 Å². The third-order valence-electron chi connectivity index (χ3n) is 2.06. The van der Waals surface area contributed by atoms with E-state index in [2.05, 4.69) is 22.6 Å². The van der Waals surface area contributed by atoms with Gasteiger partial charge in [-0.05, 0) is 34.2 Å². The number of benzene rings is 1. The summed E-state index contributed by atoms with van der Waals surface area (Å²) in [5, 5.41) is 0.383. The van der Waals surface area contributed by atoms with E-state index in [1.807, 2.05) is 30.3 Å². The molecule has 1 nitrogen and oxygen atoms in total. The quantitative estimate of drug-likeness (QED) is 0.551. The molecule has 4 heteroatoms. The van der Waals surface area contributed by atoms with Crippen LogP contribution in [0.5, 0.6) is 0 Å². The minimum Gasteiger partial charge on any atom is -0.443 e. The Hall–Kier alpha value is -0.190. The van der Waals surface area contributed by atoms with Crippen LogP contribution >= 0.6 is 45.8 Å². The second kappa shape index (κ2) is 4.76. The van der Waals surface area contributed by atoms with Crippen LogP contribution in [0.3, 0.4) is 0 Å². The molecule has 0 bridgehead atoms. The van der Waals surface area contributed by atoms with Crippen LogP contribution in [0.1, 0.15) is 5.56 Å². The van der Waals surface area contributed by atoms with E-state index in [1.54, 1.807) is 0 Å². The molecule has 0 radical (unpaired) electrons. The number of alkyl halides is 1. The number of hydrogen-bond donors (Lipinski definition) is 0. The standard InChI is InChI=1S/C11H7Cl2IO/c12-6-8-9(14)10(15-11(8)13)7-4-2-1-3-5-7/h1-5H,6H2. The fourth-order valence-corrected chi connectivity index (χ4v) is 3.11. The molecule has 15 heavy (non-hydrogen) atoms. The minimum atomic E-state index is 0.368. The van der Waals surface area contributed by atoms with Gasteiger partial charge in [-0.25, -0.2) is 0 Å². The van der Waals surface area contributed by atoms with Crippen molar-refractivity contribution < 1.29 is 4.42 Å². The van der Waals surface area contributed by atoms with Crippen molar-refractivity contribution in [3.05, 3.63) is 44.7 Å². The average Bonchev–Trinajstić information content (AvgIpc) is 2.55. The van der Waals surface area contributed by atoms with E-state index in [9.17, 15) is 0 Å². The summed E-state index contributed by atoms with van der Waals surface area (Å²) in [6.07, 6.45) is 0. The van der Waals surface area contributed by atoms with E-state index in [0.29, 0.717) is 11.1 Å². The molecule has 0 amide bonds. The van der Waals surface area contributed by atoms with Gasteiger partial charge in [-0.15, -0.1) is 11.6 Å². The van der Waals surface area contributed by atoms with Crippen LogP contribution in [0.15, 0.2) is 34.7 Å². The van der Waals surface area contributed by atoms with Gasteiger partial charge in [0.2, 0.25) is 0 Å². The van der Waals surface area contributed by atoms with Crippen LogP contribution in [0.4, 0.5) is 0 Å². The van der Waals surface area contributed by atoms with Crippen LogP contribution < -0.4 is 0 Å². The first-order valence-electron chi connectivity index (χ1n) is 4.32. The topological polar surface area (TPSA) is 13.1 Å². The molecule has 0 fully saturated rings. The highest BCUT2D eigenvalue weighted by atomic mass is 127. The second-order valence-electron chi connectivity index (χ2n) is 3.00. The summed E-state index contributed by atoms with van der Waals surface area (Å²) in [5.41, 5.74) is 1.87. The van der Waals surface area contributed by atoms with Crippen molar-refractivity contribution in [3.8, 4) is 11.3 Å². The maximum absolute atomic E-state index is 5.94. The molecule has 0 atom stereocenters. The summed E-state index contributed by atoms with van der Waals surface area (Å²) in [6.45, 7) is 0. The van der Waals surface area contributed by atoms with E-state index in [0.717, 1.165) is 20.5 Å². The molecule has 0 aliphatic rings. The second-order valence-corrected chi connectivity index (χ2v) is 4.69. The number of halogens is 3. The molecule has 0 aliphatic carbocycles. The zero-order valence-electron chi connectivity index (χ0n) is 7.64. The predicted octanol–water partition coefficient (Wildman–Crippen LogP) is 4.94. The highest BCUT2D eigenvalue weighted by molar-refractivity contribution is 14.1. The summed E-state index contributed by atoms with van der Waals surface area (Å²) in [5.74, 6) is 1.16. The summed E-state index contributed by atoms with van der Waals surface area (Å²) < 4.78 is 6.48. The lowest BCUT2D eigenvalue weighted by atomic mass is 10.1. The van der Waals surface area contributed by atoms with Crippen LogP contribution in [-0.4, -0.2) is 0 Å². The number of hydrogen-bond acceptors (Lipinski definition) is 1. The lowest BCUT2D eigenvalue weighted by Gasteiger charge is -1.96. The Balaban J connectivity index is 2.55. The number of furan rings is 1. The van der Waals surface area contributed by atoms with E-state index < -0.39 is 0 Å². The molecule has 1 heterocycles. The summed E-state index contributed by atoms with van der Waals surface area (Å²) in [6, 6.07) is 9.85. The first kappa shape index (κ1) is 11.3. The Bertz CT molecular complexity index is 465. The van der Waals surface area contributed by atoms with Crippen LogP contribution in [0, 0.1) is 3.57 Å². The van der Waals surface area contributed by atoms with Crippen molar-refractivity contribution in [1.29, 1.82) is 0 Å². The van der Waals surface area contributed by atoms with Gasteiger partial charge in [0.15, 0.2) is 5.22 Å². The van der Waals surface area contributed by atoms with Crippen molar-refractivity contribution in [3.63, 3.8) is 0 Å². The summed E-state index contributed by atoms with van der Waals surface area (Å²) in [4.78, 5) is 0. The zero-order chi connectivity index (χ0) is 10.8. The SMILES string of the molecule is ClCc1c(Cl)oc(-c2ccccc2)c1I. The van der Waals surface area contributed by atoms with Crippen LogP contribution in [-0.2, 0) is 5.88 Å². The van der Waals surface area contributed by atoms with Gasteiger partial charge in [-0.3, -0.25) is 0 Å². The smallest absolute Gasteiger partial charge is 0.199 e. The molecule has 78 valence electrons. The van der Waals surface area contributed by atoms with Gasteiger partial charge in [0.05, 0.1) is 9.45 Å². The lowest BCUT2D eigenvalue weighted by molar-refractivity contribution is 0.581. The highest BCUT2D eigenvalue weighted by Crippen LogP contribution is 2.36. The third-order valence-corrected chi connectivity index (χ3v) is 3.78. The van der Waals surface area contributed by atoms with Crippen molar-refractivity contribution in [1.82, 2.24) is 0 Å². The van der Waals surface area contributed by atoms with E-state index >= 15 is 0 Å². The molecule has 0 saturated carbocycles. The fourth-order valence-electron chi connectivity index (χ4n) is 1.31. The molecule has 0 aliphatic heterocycles. The lowest BCUT2D eigenvalue weighted by Crippen LogP contribution is -1.80. The molecule has 2 aromatic rings. The Morgan fingerprint density at radius 3 is 2.40 bits per heavy atom. The Labute approximate surface area is 112 Å². The molecule has 0 unspecified atom stereocenters. The zero-order valence-corrected chi connectivity index (χ0v) is 11.3. The highest BCUT2D eigenvalue weighted by Gasteiger charge is 2.16. The molecule has 0 saturated heterocycles. The summed E-state index contributed by atoms with van der Waals surface area (Å²) in [7, 11) is 0. The maximum Gasteiger partial charge on any atom is 0.199 e. The van der Waals surface area contributed by atoms with Gasteiger partial charge in [-0.2, -0.15) is 0 Å². The first-order valence-corrected chi connectivity index (χ1v) is 6.31. The van der Waals surface area contributed by atoms with E-state index in [-0.39, 0.29) is 0 Å². The van der Waals surface area contributed by atoms with Crippen molar-refractivity contribution in [2.45, 2.75) is 5.88 Å². The fraction of sp³-hybridized carbons (Fsp3) is 0.0909.